The lowest BCUT2D eigenvalue weighted by atomic mass is 10.00. The number of benzene rings is 1. The zero-order valence-electron chi connectivity index (χ0n) is 15.4. The summed E-state index contributed by atoms with van der Waals surface area (Å²) in [5.41, 5.74) is 7.54. The number of thiophene rings is 1. The van der Waals surface area contributed by atoms with Gasteiger partial charge in [0, 0.05) is 10.4 Å². The second-order valence-corrected chi connectivity index (χ2v) is 7.91. The Morgan fingerprint density at radius 3 is 2.46 bits per heavy atom. The maximum absolute atomic E-state index is 12.4. The monoisotopic (exact) mass is 395 g/mol. The molecule has 2 heterocycles. The molecule has 8 heteroatoms. The van der Waals surface area contributed by atoms with E-state index in [-0.39, 0.29) is 11.8 Å². The molecule has 1 aliphatic carbocycles. The molecule has 0 unspecified atom stereocenters. The Labute approximate surface area is 166 Å². The van der Waals surface area contributed by atoms with Crippen LogP contribution in [0.2, 0.25) is 0 Å². The molecule has 0 bridgehead atoms. The van der Waals surface area contributed by atoms with Crippen molar-refractivity contribution in [3.8, 4) is 5.69 Å². The number of amides is 2. The summed E-state index contributed by atoms with van der Waals surface area (Å²) < 4.78 is 1.60. The van der Waals surface area contributed by atoms with Gasteiger partial charge in [0.2, 0.25) is 0 Å². The standard InChI is InChI=1S/C20H21N5O2S/c26-19(14-7-9-16(10-8-14)25-13-21-12-22-25)23-24-20(27)18-11-15-5-3-1-2-4-6-17(15)28-18/h7-13H,1-6H2,(H,23,26)(H,24,27). The van der Waals surface area contributed by atoms with Crippen LogP contribution in [-0.2, 0) is 12.8 Å². The summed E-state index contributed by atoms with van der Waals surface area (Å²) in [6, 6.07) is 8.86. The summed E-state index contributed by atoms with van der Waals surface area (Å²) in [7, 11) is 0. The van der Waals surface area contributed by atoms with Gasteiger partial charge in [-0.3, -0.25) is 20.4 Å². The first-order valence-electron chi connectivity index (χ1n) is 9.38. The van der Waals surface area contributed by atoms with Crippen LogP contribution >= 0.6 is 11.3 Å². The maximum atomic E-state index is 12.4. The minimum absolute atomic E-state index is 0.274. The highest BCUT2D eigenvalue weighted by molar-refractivity contribution is 7.14. The van der Waals surface area contributed by atoms with Gasteiger partial charge in [0.05, 0.1) is 10.6 Å². The Morgan fingerprint density at radius 2 is 1.71 bits per heavy atom. The molecule has 1 aliphatic rings. The largest absolute Gasteiger partial charge is 0.279 e. The highest BCUT2D eigenvalue weighted by atomic mass is 32.1. The van der Waals surface area contributed by atoms with Crippen LogP contribution in [0, 0.1) is 0 Å². The molecule has 1 aromatic carbocycles. The van der Waals surface area contributed by atoms with Crippen LogP contribution < -0.4 is 10.9 Å². The van der Waals surface area contributed by atoms with E-state index in [1.54, 1.807) is 35.3 Å². The van der Waals surface area contributed by atoms with Gasteiger partial charge in [-0.2, -0.15) is 5.10 Å². The summed E-state index contributed by atoms with van der Waals surface area (Å²) >= 11 is 1.53. The molecule has 7 nitrogen and oxygen atoms in total. The predicted molar refractivity (Wildman–Crippen MR) is 106 cm³/mol. The van der Waals surface area contributed by atoms with Crippen molar-refractivity contribution < 1.29 is 9.59 Å². The highest BCUT2D eigenvalue weighted by Gasteiger charge is 2.16. The van der Waals surface area contributed by atoms with Gasteiger partial charge in [0.25, 0.3) is 11.8 Å². The quantitative estimate of drug-likeness (QED) is 0.667. The molecule has 0 saturated carbocycles. The lowest BCUT2D eigenvalue weighted by Crippen LogP contribution is -2.41. The summed E-state index contributed by atoms with van der Waals surface area (Å²) in [6.07, 6.45) is 9.96. The molecular formula is C20H21N5O2S. The molecule has 2 aromatic heterocycles. The Hall–Kier alpha value is -3.00. The summed E-state index contributed by atoms with van der Waals surface area (Å²) in [5.74, 6) is -0.641. The van der Waals surface area contributed by atoms with Crippen LogP contribution in [0.5, 0.6) is 0 Å². The van der Waals surface area contributed by atoms with Crippen molar-refractivity contribution in [2.24, 2.45) is 0 Å². The molecule has 2 amide bonds. The van der Waals surface area contributed by atoms with Crippen LogP contribution in [-0.4, -0.2) is 26.6 Å². The van der Waals surface area contributed by atoms with E-state index in [0.29, 0.717) is 10.4 Å². The number of carbonyl (C=O) groups is 2. The van der Waals surface area contributed by atoms with Gasteiger partial charge in [-0.25, -0.2) is 9.67 Å². The van der Waals surface area contributed by atoms with E-state index in [2.05, 4.69) is 20.9 Å². The number of hydrogen-bond donors (Lipinski definition) is 2. The second-order valence-electron chi connectivity index (χ2n) is 6.77. The van der Waals surface area contributed by atoms with Gasteiger partial charge in [-0.15, -0.1) is 11.3 Å². The molecule has 3 aromatic rings. The van der Waals surface area contributed by atoms with Crippen LogP contribution in [0.4, 0.5) is 0 Å². The van der Waals surface area contributed by atoms with Crippen molar-refractivity contribution in [2.45, 2.75) is 38.5 Å². The number of aryl methyl sites for hydroxylation is 2. The van der Waals surface area contributed by atoms with Gasteiger partial charge in [0.15, 0.2) is 0 Å². The lowest BCUT2D eigenvalue weighted by Gasteiger charge is -2.07. The number of rotatable bonds is 3. The van der Waals surface area contributed by atoms with Crippen LogP contribution in [0.3, 0.4) is 0 Å². The van der Waals surface area contributed by atoms with Gasteiger partial charge in [0.1, 0.15) is 12.7 Å². The number of hydrazine groups is 1. The Kier molecular flexibility index (Phi) is 5.48. The van der Waals surface area contributed by atoms with Crippen LogP contribution in [0.15, 0.2) is 43.0 Å². The fourth-order valence-corrected chi connectivity index (χ4v) is 4.46. The Bertz CT molecular complexity index is 938. The van der Waals surface area contributed by atoms with E-state index in [0.717, 1.165) is 18.5 Å². The molecule has 0 spiro atoms. The molecule has 0 aliphatic heterocycles. The normalized spacial score (nSPS) is 13.9. The first kappa shape index (κ1) is 18.4. The third-order valence-electron chi connectivity index (χ3n) is 4.82. The zero-order chi connectivity index (χ0) is 19.3. The number of hydrogen-bond acceptors (Lipinski definition) is 5. The SMILES string of the molecule is O=C(NNC(=O)c1cc2c(s1)CCCCCC2)c1ccc(-n2cncn2)cc1. The number of aromatic nitrogens is 3. The highest BCUT2D eigenvalue weighted by Crippen LogP contribution is 2.28. The minimum Gasteiger partial charge on any atom is -0.267 e. The smallest absolute Gasteiger partial charge is 0.267 e. The molecule has 0 fully saturated rings. The average Bonchev–Trinajstić information content (AvgIpc) is 3.36. The van der Waals surface area contributed by atoms with Crippen molar-refractivity contribution in [3.63, 3.8) is 0 Å². The fraction of sp³-hybridized carbons (Fsp3) is 0.300. The molecule has 4 rings (SSSR count). The van der Waals surface area contributed by atoms with E-state index in [1.807, 2.05) is 6.07 Å². The predicted octanol–water partition coefficient (Wildman–Crippen LogP) is 3.06. The molecule has 28 heavy (non-hydrogen) atoms. The fourth-order valence-electron chi connectivity index (χ4n) is 3.31. The summed E-state index contributed by atoms with van der Waals surface area (Å²) in [4.78, 5) is 30.6. The van der Waals surface area contributed by atoms with Crippen molar-refractivity contribution in [1.82, 2.24) is 25.6 Å². The second kappa shape index (κ2) is 8.35. The molecule has 144 valence electrons. The summed E-state index contributed by atoms with van der Waals surface area (Å²) in [6.45, 7) is 0. The molecule has 2 N–H and O–H groups in total. The van der Waals surface area contributed by atoms with E-state index in [9.17, 15) is 9.59 Å². The van der Waals surface area contributed by atoms with Crippen molar-refractivity contribution in [3.05, 3.63) is 63.9 Å². The number of fused-ring (bicyclic) bond motifs is 1. The van der Waals surface area contributed by atoms with E-state index >= 15 is 0 Å². The van der Waals surface area contributed by atoms with E-state index < -0.39 is 0 Å². The average molecular weight is 395 g/mol. The van der Waals surface area contributed by atoms with Crippen molar-refractivity contribution >= 4 is 23.2 Å². The number of carbonyl (C=O) groups excluding carboxylic acids is 2. The Balaban J connectivity index is 1.36. The minimum atomic E-state index is -0.367. The van der Waals surface area contributed by atoms with E-state index in [4.69, 9.17) is 0 Å². The number of nitrogens with zero attached hydrogens (tertiary/aromatic N) is 3. The van der Waals surface area contributed by atoms with Crippen LogP contribution in [0.25, 0.3) is 5.69 Å². The van der Waals surface area contributed by atoms with Gasteiger partial charge >= 0.3 is 0 Å². The maximum Gasteiger partial charge on any atom is 0.279 e. The molecule has 0 radical (unpaired) electrons. The molecule has 0 saturated heterocycles. The summed E-state index contributed by atoms with van der Waals surface area (Å²) in [5, 5.41) is 4.04. The zero-order valence-corrected chi connectivity index (χ0v) is 16.2. The van der Waals surface area contributed by atoms with E-state index in [1.165, 1.54) is 53.8 Å². The molecule has 0 atom stereocenters. The third kappa shape index (κ3) is 4.12. The Morgan fingerprint density at radius 1 is 0.964 bits per heavy atom. The van der Waals surface area contributed by atoms with Gasteiger partial charge in [-0.05, 0) is 61.6 Å². The third-order valence-corrected chi connectivity index (χ3v) is 6.06. The topological polar surface area (TPSA) is 88.9 Å². The molecular weight excluding hydrogens is 374 g/mol. The first-order chi connectivity index (χ1) is 13.7. The van der Waals surface area contributed by atoms with Crippen LogP contribution in [0.1, 0.15) is 56.2 Å². The first-order valence-corrected chi connectivity index (χ1v) is 10.2. The van der Waals surface area contributed by atoms with Gasteiger partial charge in [-0.1, -0.05) is 12.8 Å². The lowest BCUT2D eigenvalue weighted by molar-refractivity contribution is 0.0849. The number of nitrogens with one attached hydrogen (secondary N) is 2. The van der Waals surface area contributed by atoms with Gasteiger partial charge < -0.3 is 0 Å². The van der Waals surface area contributed by atoms with Crippen molar-refractivity contribution in [2.75, 3.05) is 0 Å². The van der Waals surface area contributed by atoms with Crippen molar-refractivity contribution in [1.29, 1.82) is 0 Å².